The fourth-order valence-corrected chi connectivity index (χ4v) is 0.779. The summed E-state index contributed by atoms with van der Waals surface area (Å²) in [6.45, 7) is 6.81. The lowest BCUT2D eigenvalue weighted by Crippen LogP contribution is -2.19. The molecule has 0 aromatic carbocycles. The fourth-order valence-electron chi connectivity index (χ4n) is 0.503. The van der Waals surface area contributed by atoms with E-state index in [-0.39, 0.29) is 5.38 Å². The highest BCUT2D eigenvalue weighted by molar-refractivity contribution is 6.20. The molecule has 0 aromatic heterocycles. The molecule has 0 aliphatic heterocycles. The Hall–Kier alpha value is 0.540. The zero-order valence-corrected chi connectivity index (χ0v) is 9.58. The van der Waals surface area contributed by atoms with Gasteiger partial charge in [0.1, 0.15) is 0 Å². The van der Waals surface area contributed by atoms with Gasteiger partial charge in [-0.1, -0.05) is 0 Å². The molecule has 0 amide bonds. The van der Waals surface area contributed by atoms with E-state index in [1.165, 1.54) is 0 Å². The lowest BCUT2D eigenvalue weighted by atomic mass is 10.4. The summed E-state index contributed by atoms with van der Waals surface area (Å²) in [6, 6.07) is 0. The second kappa shape index (κ2) is 8.63. The molecule has 0 aliphatic rings. The van der Waals surface area contributed by atoms with Gasteiger partial charge in [0.25, 0.3) is 0 Å². The molecule has 1 nitrogen and oxygen atoms in total. The van der Waals surface area contributed by atoms with Gasteiger partial charge in [0.15, 0.2) is 0 Å². The molecule has 0 radical (unpaired) electrons. The minimum Gasteiger partial charge on any atom is -0.308 e. The maximum absolute atomic E-state index is 5.63. The topological polar surface area (TPSA) is 3.24 Å². The smallest absolute Gasteiger partial charge is 0.0434 e. The predicted molar refractivity (Wildman–Crippen MR) is 54.9 cm³/mol. The highest BCUT2D eigenvalue weighted by Gasteiger charge is 1.94. The Morgan fingerprint density at radius 2 is 1.36 bits per heavy atom. The highest BCUT2D eigenvalue weighted by Crippen LogP contribution is 1.92. The molecule has 0 spiro atoms. The summed E-state index contributed by atoms with van der Waals surface area (Å²) < 4.78 is 0. The molecule has 0 heterocycles. The molecule has 0 aromatic rings. The predicted octanol–water partition coefficient (Wildman–Crippen LogP) is 2.81. The SMILES string of the molecule is CC(C)Cl.CC(Cl)CN(C)C. The molecule has 0 saturated heterocycles. The Bertz CT molecular complexity index is 63.7. The Morgan fingerprint density at radius 1 is 1.09 bits per heavy atom. The molecule has 3 heteroatoms. The van der Waals surface area contributed by atoms with E-state index in [2.05, 4.69) is 4.90 Å². The van der Waals surface area contributed by atoms with E-state index in [0.29, 0.717) is 5.38 Å². The number of hydrogen-bond acceptors (Lipinski definition) is 1. The first-order valence-corrected chi connectivity index (χ1v) is 4.66. The zero-order chi connectivity index (χ0) is 9.44. The van der Waals surface area contributed by atoms with Crippen molar-refractivity contribution in [2.24, 2.45) is 0 Å². The molecule has 0 saturated carbocycles. The zero-order valence-electron chi connectivity index (χ0n) is 8.06. The van der Waals surface area contributed by atoms with Crippen molar-refractivity contribution >= 4 is 23.2 Å². The minimum absolute atomic E-state index is 0.273. The Kier molecular flexibility index (Phi) is 11.1. The molecule has 0 bridgehead atoms. The Balaban J connectivity index is 0. The lowest BCUT2D eigenvalue weighted by molar-refractivity contribution is 0.411. The van der Waals surface area contributed by atoms with E-state index in [1.807, 2.05) is 34.9 Å². The van der Waals surface area contributed by atoms with E-state index in [9.17, 15) is 0 Å². The van der Waals surface area contributed by atoms with Crippen molar-refractivity contribution in [2.75, 3.05) is 20.6 Å². The molecular weight excluding hydrogens is 181 g/mol. The lowest BCUT2D eigenvalue weighted by Gasteiger charge is -2.09. The largest absolute Gasteiger partial charge is 0.308 e. The second-order valence-electron chi connectivity index (χ2n) is 3.06. The summed E-state index contributed by atoms with van der Waals surface area (Å²) in [5.41, 5.74) is 0. The van der Waals surface area contributed by atoms with Crippen molar-refractivity contribution in [1.82, 2.24) is 4.90 Å². The average molecular weight is 200 g/mol. The van der Waals surface area contributed by atoms with Gasteiger partial charge in [0.2, 0.25) is 0 Å². The van der Waals surface area contributed by atoms with Crippen LogP contribution in [0.25, 0.3) is 0 Å². The molecule has 70 valence electrons. The summed E-state index contributed by atoms with van der Waals surface area (Å²) in [5, 5.41) is 0.579. The van der Waals surface area contributed by atoms with Crippen molar-refractivity contribution in [3.8, 4) is 0 Å². The van der Waals surface area contributed by atoms with Crippen LogP contribution in [0, 0.1) is 0 Å². The van der Waals surface area contributed by atoms with Crippen LogP contribution in [0.1, 0.15) is 20.8 Å². The van der Waals surface area contributed by atoms with E-state index in [1.54, 1.807) is 0 Å². The van der Waals surface area contributed by atoms with Crippen LogP contribution in [0.2, 0.25) is 0 Å². The van der Waals surface area contributed by atoms with Gasteiger partial charge >= 0.3 is 0 Å². The number of hydrogen-bond donors (Lipinski definition) is 0. The van der Waals surface area contributed by atoms with Gasteiger partial charge in [0.05, 0.1) is 0 Å². The summed E-state index contributed by atoms with van der Waals surface area (Å²) in [7, 11) is 4.03. The third-order valence-corrected chi connectivity index (χ3v) is 0.755. The van der Waals surface area contributed by atoms with Gasteiger partial charge in [-0.25, -0.2) is 0 Å². The average Bonchev–Trinajstić information content (AvgIpc) is 1.56. The summed E-state index contributed by atoms with van der Waals surface area (Å²) in [6.07, 6.45) is 0. The summed E-state index contributed by atoms with van der Waals surface area (Å²) >= 11 is 10.9. The maximum atomic E-state index is 5.63. The molecule has 1 atom stereocenters. The van der Waals surface area contributed by atoms with Crippen molar-refractivity contribution < 1.29 is 0 Å². The van der Waals surface area contributed by atoms with Crippen LogP contribution >= 0.6 is 23.2 Å². The van der Waals surface area contributed by atoms with E-state index >= 15 is 0 Å². The van der Waals surface area contributed by atoms with Crippen LogP contribution in [-0.4, -0.2) is 36.3 Å². The van der Waals surface area contributed by atoms with Gasteiger partial charge in [-0.15, -0.1) is 23.2 Å². The maximum Gasteiger partial charge on any atom is 0.0434 e. The number of nitrogens with zero attached hydrogens (tertiary/aromatic N) is 1. The standard InChI is InChI=1S/C5H12ClN.C3H7Cl/c1-5(6)4-7(2)3;1-3(2)4/h5H,4H2,1-3H3;3H,1-2H3. The van der Waals surface area contributed by atoms with Gasteiger partial charge in [-0.2, -0.15) is 0 Å². The van der Waals surface area contributed by atoms with Crippen molar-refractivity contribution in [3.63, 3.8) is 0 Å². The van der Waals surface area contributed by atoms with Crippen LogP contribution in [0.3, 0.4) is 0 Å². The van der Waals surface area contributed by atoms with Crippen LogP contribution in [0.15, 0.2) is 0 Å². The first-order valence-electron chi connectivity index (χ1n) is 3.79. The number of alkyl halides is 2. The monoisotopic (exact) mass is 199 g/mol. The fraction of sp³-hybridized carbons (Fsp3) is 1.00. The second-order valence-corrected chi connectivity index (χ2v) is 4.67. The van der Waals surface area contributed by atoms with Crippen molar-refractivity contribution in [2.45, 2.75) is 31.5 Å². The molecule has 11 heavy (non-hydrogen) atoms. The van der Waals surface area contributed by atoms with Crippen LogP contribution in [0.5, 0.6) is 0 Å². The van der Waals surface area contributed by atoms with Gasteiger partial charge < -0.3 is 4.90 Å². The molecular formula is C8H19Cl2N. The number of rotatable bonds is 2. The van der Waals surface area contributed by atoms with Gasteiger partial charge in [-0.3, -0.25) is 0 Å². The Labute approximate surface area is 80.7 Å². The first-order chi connectivity index (χ1) is 4.86. The third-order valence-electron chi connectivity index (χ3n) is 0.617. The molecule has 0 N–H and O–H groups in total. The van der Waals surface area contributed by atoms with E-state index < -0.39 is 0 Å². The van der Waals surface area contributed by atoms with Crippen molar-refractivity contribution in [1.29, 1.82) is 0 Å². The van der Waals surface area contributed by atoms with Gasteiger partial charge in [-0.05, 0) is 34.9 Å². The van der Waals surface area contributed by atoms with Crippen LogP contribution in [-0.2, 0) is 0 Å². The normalized spacial score (nSPS) is 12.8. The molecule has 0 rings (SSSR count). The third kappa shape index (κ3) is 37.3. The summed E-state index contributed by atoms with van der Waals surface area (Å²) in [5.74, 6) is 0. The van der Waals surface area contributed by atoms with Crippen LogP contribution in [0.4, 0.5) is 0 Å². The van der Waals surface area contributed by atoms with Crippen LogP contribution < -0.4 is 0 Å². The molecule has 0 aliphatic carbocycles. The first kappa shape index (κ1) is 14.1. The Morgan fingerprint density at radius 3 is 1.36 bits per heavy atom. The molecule has 0 fully saturated rings. The van der Waals surface area contributed by atoms with E-state index in [4.69, 9.17) is 23.2 Å². The van der Waals surface area contributed by atoms with E-state index in [0.717, 1.165) is 6.54 Å². The number of halogens is 2. The summed E-state index contributed by atoms with van der Waals surface area (Å²) in [4.78, 5) is 2.07. The molecule has 1 unspecified atom stereocenters. The quantitative estimate of drug-likeness (QED) is 0.619. The van der Waals surface area contributed by atoms with Crippen molar-refractivity contribution in [3.05, 3.63) is 0 Å². The van der Waals surface area contributed by atoms with Gasteiger partial charge in [0, 0.05) is 17.3 Å². The highest BCUT2D eigenvalue weighted by atomic mass is 35.5. The minimum atomic E-state index is 0.273.